The van der Waals surface area contributed by atoms with E-state index in [1.807, 2.05) is 0 Å². The second kappa shape index (κ2) is 6.20. The number of hydrogen-bond donors (Lipinski definition) is 2. The Hall–Kier alpha value is -0.650. The van der Waals surface area contributed by atoms with E-state index in [0.29, 0.717) is 6.61 Å². The maximum Gasteiger partial charge on any atom is 0.229 e. The molecule has 2 heterocycles. The molecule has 0 aromatic rings. The number of rotatable bonds is 4. The third-order valence-electron chi connectivity index (χ3n) is 4.47. The first kappa shape index (κ1) is 14.8. The molecule has 2 rings (SSSR count). The Balaban J connectivity index is 2.02. The zero-order valence-corrected chi connectivity index (χ0v) is 12.1. The Morgan fingerprint density at radius 2 is 1.89 bits per heavy atom. The number of amides is 1. The highest BCUT2D eigenvalue weighted by Gasteiger charge is 2.42. The van der Waals surface area contributed by atoms with Crippen molar-refractivity contribution in [1.82, 2.24) is 10.6 Å². The predicted molar refractivity (Wildman–Crippen MR) is 73.0 cm³/mol. The molecule has 0 radical (unpaired) electrons. The highest BCUT2D eigenvalue weighted by atomic mass is 16.5. The summed E-state index contributed by atoms with van der Waals surface area (Å²) in [6.07, 6.45) is 3.47. The van der Waals surface area contributed by atoms with Crippen molar-refractivity contribution in [3.63, 3.8) is 0 Å². The van der Waals surface area contributed by atoms with Crippen molar-refractivity contribution in [2.75, 3.05) is 40.0 Å². The van der Waals surface area contributed by atoms with Crippen LogP contribution in [0.1, 0.15) is 32.6 Å². The van der Waals surface area contributed by atoms with Gasteiger partial charge in [0.2, 0.25) is 5.91 Å². The summed E-state index contributed by atoms with van der Waals surface area (Å²) in [6.45, 7) is 5.86. The molecule has 2 fully saturated rings. The molecule has 0 unspecified atom stereocenters. The first-order chi connectivity index (χ1) is 9.10. The topological polar surface area (TPSA) is 59.6 Å². The molecule has 5 heteroatoms. The zero-order chi connectivity index (χ0) is 13.8. The van der Waals surface area contributed by atoms with Crippen LogP contribution in [0.5, 0.6) is 0 Å². The standard InChI is InChI=1S/C14H26N2O3/c1-13(5-9-19-10-6-13)16-12(17)14(11-18-2)3-7-15-8-4-14/h15H,3-11H2,1-2H3,(H,16,17). The van der Waals surface area contributed by atoms with E-state index in [2.05, 4.69) is 17.6 Å². The van der Waals surface area contributed by atoms with Crippen molar-refractivity contribution in [1.29, 1.82) is 0 Å². The van der Waals surface area contributed by atoms with Gasteiger partial charge in [0, 0.05) is 25.9 Å². The molecule has 19 heavy (non-hydrogen) atoms. The summed E-state index contributed by atoms with van der Waals surface area (Å²) in [4.78, 5) is 12.7. The van der Waals surface area contributed by atoms with Gasteiger partial charge in [-0.1, -0.05) is 0 Å². The van der Waals surface area contributed by atoms with Gasteiger partial charge in [-0.25, -0.2) is 0 Å². The molecule has 110 valence electrons. The van der Waals surface area contributed by atoms with Crippen molar-refractivity contribution in [2.45, 2.75) is 38.1 Å². The van der Waals surface area contributed by atoms with Crippen molar-refractivity contribution in [3.05, 3.63) is 0 Å². The predicted octanol–water partition coefficient (Wildman–Crippen LogP) is 0.688. The monoisotopic (exact) mass is 270 g/mol. The molecular weight excluding hydrogens is 244 g/mol. The second-order valence-corrected chi connectivity index (χ2v) is 6.09. The largest absolute Gasteiger partial charge is 0.384 e. The van der Waals surface area contributed by atoms with Gasteiger partial charge in [0.05, 0.1) is 12.0 Å². The average Bonchev–Trinajstić information content (AvgIpc) is 2.40. The van der Waals surface area contributed by atoms with Crippen LogP contribution in [-0.2, 0) is 14.3 Å². The molecular formula is C14H26N2O3. The minimum Gasteiger partial charge on any atom is -0.384 e. The number of carbonyl (C=O) groups excluding carboxylic acids is 1. The lowest BCUT2D eigenvalue weighted by Gasteiger charge is -2.41. The van der Waals surface area contributed by atoms with Crippen LogP contribution in [0.25, 0.3) is 0 Å². The van der Waals surface area contributed by atoms with Gasteiger partial charge in [-0.05, 0) is 45.7 Å². The maximum absolute atomic E-state index is 12.7. The van der Waals surface area contributed by atoms with E-state index >= 15 is 0 Å². The summed E-state index contributed by atoms with van der Waals surface area (Å²) in [6, 6.07) is 0. The van der Waals surface area contributed by atoms with Gasteiger partial charge in [-0.2, -0.15) is 0 Å². The molecule has 5 nitrogen and oxygen atoms in total. The van der Waals surface area contributed by atoms with Gasteiger partial charge in [0.25, 0.3) is 0 Å². The first-order valence-electron chi connectivity index (χ1n) is 7.20. The molecule has 0 spiro atoms. The molecule has 0 aliphatic carbocycles. The lowest BCUT2D eigenvalue weighted by atomic mass is 9.77. The Morgan fingerprint density at radius 3 is 2.47 bits per heavy atom. The lowest BCUT2D eigenvalue weighted by molar-refractivity contribution is -0.139. The molecule has 0 saturated carbocycles. The van der Waals surface area contributed by atoms with Gasteiger partial charge >= 0.3 is 0 Å². The summed E-state index contributed by atoms with van der Waals surface area (Å²) >= 11 is 0. The minimum absolute atomic E-state index is 0.124. The van der Waals surface area contributed by atoms with Crippen LogP contribution < -0.4 is 10.6 Å². The molecule has 0 aromatic carbocycles. The van der Waals surface area contributed by atoms with Crippen LogP contribution in [0, 0.1) is 5.41 Å². The zero-order valence-electron chi connectivity index (χ0n) is 12.1. The van der Waals surface area contributed by atoms with E-state index in [0.717, 1.165) is 52.0 Å². The molecule has 2 N–H and O–H groups in total. The average molecular weight is 270 g/mol. The third kappa shape index (κ3) is 3.46. The highest BCUT2D eigenvalue weighted by molar-refractivity contribution is 5.83. The van der Waals surface area contributed by atoms with Gasteiger partial charge in [-0.3, -0.25) is 4.79 Å². The number of ether oxygens (including phenoxy) is 2. The number of carbonyl (C=O) groups is 1. The van der Waals surface area contributed by atoms with E-state index < -0.39 is 0 Å². The van der Waals surface area contributed by atoms with E-state index in [-0.39, 0.29) is 16.9 Å². The molecule has 2 aliphatic rings. The SMILES string of the molecule is COCC1(C(=O)NC2(C)CCOCC2)CCNCC1. The fraction of sp³-hybridized carbons (Fsp3) is 0.929. The van der Waals surface area contributed by atoms with Crippen LogP contribution >= 0.6 is 0 Å². The van der Waals surface area contributed by atoms with E-state index in [1.54, 1.807) is 7.11 Å². The first-order valence-corrected chi connectivity index (χ1v) is 7.20. The van der Waals surface area contributed by atoms with E-state index in [1.165, 1.54) is 0 Å². The summed E-state index contributed by atoms with van der Waals surface area (Å²) in [5.41, 5.74) is -0.484. The summed E-state index contributed by atoms with van der Waals surface area (Å²) < 4.78 is 10.7. The van der Waals surface area contributed by atoms with E-state index in [4.69, 9.17) is 9.47 Å². The molecule has 2 saturated heterocycles. The van der Waals surface area contributed by atoms with Gasteiger partial charge in [0.1, 0.15) is 0 Å². The quantitative estimate of drug-likeness (QED) is 0.789. The number of hydrogen-bond acceptors (Lipinski definition) is 4. The van der Waals surface area contributed by atoms with E-state index in [9.17, 15) is 4.79 Å². The molecule has 1 amide bonds. The number of piperidine rings is 1. The molecule has 0 aromatic heterocycles. The number of nitrogens with one attached hydrogen (secondary N) is 2. The van der Waals surface area contributed by atoms with Crippen LogP contribution in [0.2, 0.25) is 0 Å². The van der Waals surface area contributed by atoms with Crippen molar-refractivity contribution < 1.29 is 14.3 Å². The summed E-state index contributed by atoms with van der Waals surface area (Å²) in [7, 11) is 1.67. The Morgan fingerprint density at radius 1 is 1.26 bits per heavy atom. The van der Waals surface area contributed by atoms with Gasteiger partial charge in [-0.15, -0.1) is 0 Å². The lowest BCUT2D eigenvalue weighted by Crippen LogP contribution is -2.57. The Bertz CT molecular complexity index is 302. The Kier molecular flexibility index (Phi) is 4.81. The molecule has 2 aliphatic heterocycles. The van der Waals surface area contributed by atoms with Gasteiger partial charge < -0.3 is 20.1 Å². The smallest absolute Gasteiger partial charge is 0.229 e. The number of methoxy groups -OCH3 is 1. The normalized spacial score (nSPS) is 25.8. The van der Waals surface area contributed by atoms with Gasteiger partial charge in [0.15, 0.2) is 0 Å². The van der Waals surface area contributed by atoms with Crippen molar-refractivity contribution in [2.24, 2.45) is 5.41 Å². The molecule has 0 atom stereocenters. The van der Waals surface area contributed by atoms with Crippen molar-refractivity contribution >= 4 is 5.91 Å². The van der Waals surface area contributed by atoms with Crippen LogP contribution in [-0.4, -0.2) is 51.5 Å². The fourth-order valence-corrected chi connectivity index (χ4v) is 2.97. The van der Waals surface area contributed by atoms with Crippen LogP contribution in [0.15, 0.2) is 0 Å². The van der Waals surface area contributed by atoms with Crippen LogP contribution in [0.3, 0.4) is 0 Å². The third-order valence-corrected chi connectivity index (χ3v) is 4.47. The van der Waals surface area contributed by atoms with Crippen molar-refractivity contribution in [3.8, 4) is 0 Å². The maximum atomic E-state index is 12.7. The second-order valence-electron chi connectivity index (χ2n) is 6.09. The summed E-state index contributed by atoms with van der Waals surface area (Å²) in [5, 5.41) is 6.57. The molecule has 0 bridgehead atoms. The summed E-state index contributed by atoms with van der Waals surface area (Å²) in [5.74, 6) is 0.153. The van der Waals surface area contributed by atoms with Crippen LogP contribution in [0.4, 0.5) is 0 Å². The minimum atomic E-state index is -0.360. The fourth-order valence-electron chi connectivity index (χ4n) is 2.97. The Labute approximate surface area is 115 Å². The highest BCUT2D eigenvalue weighted by Crippen LogP contribution is 2.31.